The van der Waals surface area contributed by atoms with Crippen molar-refractivity contribution < 1.29 is 38.1 Å². The highest BCUT2D eigenvalue weighted by atomic mass is 16.6. The molecule has 0 unspecified atom stereocenters. The first-order chi connectivity index (χ1) is 17.3. The number of ether oxygens (including phenoxy) is 6. The van der Waals surface area contributed by atoms with E-state index in [2.05, 4.69) is 24.9 Å². The number of nitrogens with two attached hydrogens (primary N) is 1. The maximum atomic E-state index is 12.6. The van der Waals surface area contributed by atoms with Crippen LogP contribution in [0.1, 0.15) is 6.42 Å². The van der Waals surface area contributed by atoms with E-state index in [1.807, 2.05) is 0 Å². The molecule has 0 radical (unpaired) electrons. The topological polar surface area (TPSA) is 208 Å². The maximum absolute atomic E-state index is 12.6. The summed E-state index contributed by atoms with van der Waals surface area (Å²) in [5.41, 5.74) is 16.4. The Morgan fingerprint density at radius 1 is 0.629 bits per heavy atom. The van der Waals surface area contributed by atoms with Gasteiger partial charge < -0.3 is 38.2 Å². The van der Waals surface area contributed by atoms with E-state index >= 15 is 0 Å². The van der Waals surface area contributed by atoms with Crippen molar-refractivity contribution in [3.63, 3.8) is 0 Å². The number of rotatable bonds is 27. The summed E-state index contributed by atoms with van der Waals surface area (Å²) in [6.45, 7) is 5.83. The molecular formula is C19H38N8O8. The molecular weight excluding hydrogens is 468 g/mol. The first-order valence-corrected chi connectivity index (χ1v) is 11.3. The van der Waals surface area contributed by atoms with Crippen molar-refractivity contribution >= 4 is 5.91 Å². The number of amides is 1. The third-order valence-electron chi connectivity index (χ3n) is 4.08. The molecule has 2 N–H and O–H groups in total. The quantitative estimate of drug-likeness (QED) is 0.0548. The van der Waals surface area contributed by atoms with E-state index < -0.39 is 0 Å². The van der Waals surface area contributed by atoms with Gasteiger partial charge in [-0.2, -0.15) is 0 Å². The lowest BCUT2D eigenvalue weighted by molar-refractivity contribution is -0.134. The van der Waals surface area contributed by atoms with Crippen LogP contribution < -0.4 is 5.90 Å². The third kappa shape index (κ3) is 24.7. The third-order valence-corrected chi connectivity index (χ3v) is 4.08. The zero-order chi connectivity index (χ0) is 25.7. The van der Waals surface area contributed by atoms with Crippen molar-refractivity contribution in [3.05, 3.63) is 20.9 Å². The van der Waals surface area contributed by atoms with E-state index in [-0.39, 0.29) is 32.0 Å². The predicted molar refractivity (Wildman–Crippen MR) is 124 cm³/mol. The summed E-state index contributed by atoms with van der Waals surface area (Å²) in [6.07, 6.45) is 0.219. The van der Waals surface area contributed by atoms with E-state index in [1.165, 1.54) is 0 Å². The molecule has 0 saturated carbocycles. The van der Waals surface area contributed by atoms with Gasteiger partial charge in [-0.25, -0.2) is 5.90 Å². The van der Waals surface area contributed by atoms with Crippen LogP contribution in [0.4, 0.5) is 0 Å². The van der Waals surface area contributed by atoms with Crippen LogP contribution >= 0.6 is 0 Å². The fourth-order valence-corrected chi connectivity index (χ4v) is 2.40. The number of azide groups is 2. The molecule has 0 aromatic heterocycles. The van der Waals surface area contributed by atoms with Gasteiger partial charge >= 0.3 is 0 Å². The van der Waals surface area contributed by atoms with E-state index in [9.17, 15) is 4.79 Å². The molecule has 0 heterocycles. The molecule has 0 bridgehead atoms. The van der Waals surface area contributed by atoms with Crippen LogP contribution in [0, 0.1) is 0 Å². The van der Waals surface area contributed by atoms with Crippen molar-refractivity contribution in [3.8, 4) is 0 Å². The molecule has 202 valence electrons. The number of hydrogen-bond donors (Lipinski definition) is 1. The van der Waals surface area contributed by atoms with Crippen LogP contribution in [-0.4, -0.2) is 123 Å². The van der Waals surface area contributed by atoms with Crippen LogP contribution in [0.5, 0.6) is 0 Å². The molecule has 0 fully saturated rings. The van der Waals surface area contributed by atoms with Gasteiger partial charge in [-0.3, -0.25) is 4.79 Å². The second-order valence-electron chi connectivity index (χ2n) is 6.58. The fourth-order valence-electron chi connectivity index (χ4n) is 2.40. The molecule has 16 nitrogen and oxygen atoms in total. The highest BCUT2D eigenvalue weighted by Crippen LogP contribution is 1.98. The van der Waals surface area contributed by atoms with Crippen LogP contribution in [0.15, 0.2) is 10.2 Å². The Hall–Kier alpha value is -2.23. The van der Waals surface area contributed by atoms with Gasteiger partial charge in [-0.15, -0.1) is 0 Å². The molecule has 0 aliphatic carbocycles. The summed E-state index contributed by atoms with van der Waals surface area (Å²) in [6, 6.07) is 0. The van der Waals surface area contributed by atoms with Crippen molar-refractivity contribution in [1.29, 1.82) is 0 Å². The molecule has 0 aliphatic rings. The second kappa shape index (κ2) is 28.0. The van der Waals surface area contributed by atoms with Crippen LogP contribution in [0.2, 0.25) is 0 Å². The number of nitrogens with zero attached hydrogens (tertiary/aromatic N) is 7. The number of carbonyl (C=O) groups is 1. The van der Waals surface area contributed by atoms with Crippen LogP contribution in [0.3, 0.4) is 0 Å². The lowest BCUT2D eigenvalue weighted by Gasteiger charge is -2.23. The smallest absolute Gasteiger partial charge is 0.225 e. The Labute approximate surface area is 205 Å². The Kier molecular flexibility index (Phi) is 26.2. The second-order valence-corrected chi connectivity index (χ2v) is 6.58. The molecule has 35 heavy (non-hydrogen) atoms. The van der Waals surface area contributed by atoms with E-state index in [1.54, 1.807) is 4.90 Å². The average Bonchev–Trinajstić information content (AvgIpc) is 2.86. The largest absolute Gasteiger partial charge is 0.379 e. The van der Waals surface area contributed by atoms with Gasteiger partial charge in [0, 0.05) is 36.0 Å². The molecule has 0 aromatic rings. The standard InChI is InChI=1S/C19H38N8O8/c20-25-23-2-7-30-12-14-32-9-4-27(5-10-33-15-13-31-8-3-24-26-21)19(28)1-6-29-11-16-34-17-18-35-22/h1-18,22H2. The van der Waals surface area contributed by atoms with Crippen LogP contribution in [-0.2, 0) is 38.1 Å². The predicted octanol–water partition coefficient (Wildman–Crippen LogP) is 0.816. The zero-order valence-corrected chi connectivity index (χ0v) is 20.2. The molecule has 0 spiro atoms. The molecule has 16 heteroatoms. The fraction of sp³-hybridized carbons (Fsp3) is 0.947. The zero-order valence-electron chi connectivity index (χ0n) is 20.2. The summed E-state index contributed by atoms with van der Waals surface area (Å²) < 4.78 is 32.2. The molecule has 0 rings (SSSR count). The monoisotopic (exact) mass is 506 g/mol. The first kappa shape index (κ1) is 32.8. The van der Waals surface area contributed by atoms with Gasteiger partial charge in [0.05, 0.1) is 92.3 Å². The lowest BCUT2D eigenvalue weighted by Crippen LogP contribution is -2.37. The van der Waals surface area contributed by atoms with E-state index in [0.717, 1.165) is 0 Å². The Balaban J connectivity index is 4.11. The summed E-state index contributed by atoms with van der Waals surface area (Å²) in [4.78, 5) is 23.9. The molecule has 0 aromatic carbocycles. The van der Waals surface area contributed by atoms with Gasteiger partial charge in [-0.05, 0) is 11.1 Å². The van der Waals surface area contributed by atoms with Gasteiger partial charge in [0.2, 0.25) is 5.91 Å². The average molecular weight is 507 g/mol. The normalized spacial score (nSPS) is 10.5. The number of hydrogen-bond acceptors (Lipinski definition) is 11. The van der Waals surface area contributed by atoms with Crippen molar-refractivity contribution in [2.75, 3.05) is 112 Å². The van der Waals surface area contributed by atoms with Gasteiger partial charge in [0.15, 0.2) is 0 Å². The lowest BCUT2D eigenvalue weighted by atomic mass is 10.3. The number of carbonyl (C=O) groups excluding carboxylic acids is 1. The van der Waals surface area contributed by atoms with E-state index in [0.29, 0.717) is 92.4 Å². The molecule has 0 aliphatic heterocycles. The molecule has 0 saturated heterocycles. The SMILES string of the molecule is [N-]=[N+]=NCCOCCOCCN(CCOCCOCCN=[N+]=[N-])C(=O)CCOCCOCCON. The highest BCUT2D eigenvalue weighted by molar-refractivity contribution is 5.76. The Morgan fingerprint density at radius 2 is 1.03 bits per heavy atom. The Bertz CT molecular complexity index is 557. The van der Waals surface area contributed by atoms with Gasteiger partial charge in [0.1, 0.15) is 0 Å². The molecule has 1 amide bonds. The minimum absolute atomic E-state index is 0.0779. The minimum atomic E-state index is -0.0779. The van der Waals surface area contributed by atoms with Gasteiger partial charge in [-0.1, -0.05) is 10.2 Å². The highest BCUT2D eigenvalue weighted by Gasteiger charge is 2.13. The summed E-state index contributed by atoms with van der Waals surface area (Å²) in [7, 11) is 0. The minimum Gasteiger partial charge on any atom is -0.379 e. The summed E-state index contributed by atoms with van der Waals surface area (Å²) in [5, 5.41) is 6.74. The summed E-state index contributed by atoms with van der Waals surface area (Å²) >= 11 is 0. The van der Waals surface area contributed by atoms with Crippen molar-refractivity contribution in [2.24, 2.45) is 16.1 Å². The van der Waals surface area contributed by atoms with Crippen molar-refractivity contribution in [2.45, 2.75) is 6.42 Å². The van der Waals surface area contributed by atoms with Crippen LogP contribution in [0.25, 0.3) is 20.9 Å². The first-order valence-electron chi connectivity index (χ1n) is 11.3. The van der Waals surface area contributed by atoms with E-state index in [4.69, 9.17) is 45.4 Å². The maximum Gasteiger partial charge on any atom is 0.225 e. The van der Waals surface area contributed by atoms with Crippen molar-refractivity contribution in [1.82, 2.24) is 4.90 Å². The van der Waals surface area contributed by atoms with Gasteiger partial charge in [0.25, 0.3) is 0 Å². The summed E-state index contributed by atoms with van der Waals surface area (Å²) in [5.74, 6) is 4.82. The Morgan fingerprint density at radius 3 is 1.49 bits per heavy atom. The molecule has 0 atom stereocenters.